The van der Waals surface area contributed by atoms with E-state index in [1.807, 2.05) is 39.1 Å². The maximum absolute atomic E-state index is 5.59. The molecule has 0 radical (unpaired) electrons. The molecule has 7 heteroatoms. The predicted octanol–water partition coefficient (Wildman–Crippen LogP) is 4.27. The molecule has 1 heterocycles. The summed E-state index contributed by atoms with van der Waals surface area (Å²) in [5.74, 6) is 2.32. The second kappa shape index (κ2) is 10.0. The van der Waals surface area contributed by atoms with E-state index >= 15 is 0 Å². The lowest BCUT2D eigenvalue weighted by Crippen LogP contribution is -2.38. The van der Waals surface area contributed by atoms with E-state index in [-0.39, 0.29) is 24.0 Å². The molecule has 1 aromatic heterocycles. The first kappa shape index (κ1) is 21.0. The van der Waals surface area contributed by atoms with E-state index in [1.165, 1.54) is 5.56 Å². The molecule has 0 aliphatic carbocycles. The first-order chi connectivity index (χ1) is 11.0. The van der Waals surface area contributed by atoms with Gasteiger partial charge in [-0.3, -0.25) is 0 Å². The number of hydrogen-bond donors (Lipinski definition) is 1. The number of aryl methyl sites for hydroxylation is 2. The van der Waals surface area contributed by atoms with Gasteiger partial charge in [-0.2, -0.15) is 0 Å². The average molecular weight is 507 g/mol. The lowest BCUT2D eigenvalue weighted by molar-refractivity contribution is 0.457. The number of benzene rings is 1. The molecule has 0 unspecified atom stereocenters. The van der Waals surface area contributed by atoms with Crippen molar-refractivity contribution in [3.8, 4) is 0 Å². The summed E-state index contributed by atoms with van der Waals surface area (Å²) in [5.41, 5.74) is 2.13. The number of aliphatic imine (C=N–C) groups is 1. The zero-order valence-electron chi connectivity index (χ0n) is 14.5. The summed E-state index contributed by atoms with van der Waals surface area (Å²) in [7, 11) is 2.02. The van der Waals surface area contributed by atoms with Crippen LogP contribution in [0.2, 0.25) is 0 Å². The molecule has 1 aromatic carbocycles. The molecule has 5 nitrogen and oxygen atoms in total. The summed E-state index contributed by atoms with van der Waals surface area (Å²) in [4.78, 5) is 11.1. The molecule has 0 bridgehead atoms. The standard InChI is InChI=1S/C17H23BrN4O.HI/c1-5-19-17(20-10-16-21-12(2)13(3)23-16)22(4)11-14-8-6-7-9-15(14)18;/h6-9H,5,10-11H2,1-4H3,(H,19,20);1H. The number of halogens is 2. The second-order valence-electron chi connectivity index (χ2n) is 5.37. The number of aromatic nitrogens is 1. The maximum Gasteiger partial charge on any atom is 0.216 e. The molecule has 2 aromatic rings. The van der Waals surface area contributed by atoms with Crippen molar-refractivity contribution in [3.05, 3.63) is 51.6 Å². The normalized spacial score (nSPS) is 11.1. The van der Waals surface area contributed by atoms with Crippen molar-refractivity contribution in [2.24, 2.45) is 4.99 Å². The van der Waals surface area contributed by atoms with Gasteiger partial charge >= 0.3 is 0 Å². The molecule has 0 fully saturated rings. The minimum Gasteiger partial charge on any atom is -0.444 e. The van der Waals surface area contributed by atoms with Gasteiger partial charge in [-0.25, -0.2) is 9.98 Å². The molecule has 0 saturated heterocycles. The van der Waals surface area contributed by atoms with Crippen molar-refractivity contribution < 1.29 is 4.42 Å². The summed E-state index contributed by atoms with van der Waals surface area (Å²) < 4.78 is 6.69. The Morgan fingerprint density at radius 1 is 1.33 bits per heavy atom. The number of nitrogens with zero attached hydrogens (tertiary/aromatic N) is 3. The highest BCUT2D eigenvalue weighted by atomic mass is 127. The topological polar surface area (TPSA) is 53.7 Å². The van der Waals surface area contributed by atoms with E-state index in [9.17, 15) is 0 Å². The Labute approximate surface area is 169 Å². The van der Waals surface area contributed by atoms with E-state index in [1.54, 1.807) is 0 Å². The monoisotopic (exact) mass is 506 g/mol. The summed E-state index contributed by atoms with van der Waals surface area (Å²) >= 11 is 3.59. The summed E-state index contributed by atoms with van der Waals surface area (Å²) in [6.07, 6.45) is 0. The van der Waals surface area contributed by atoms with E-state index in [4.69, 9.17) is 4.42 Å². The van der Waals surface area contributed by atoms with E-state index in [2.05, 4.69) is 49.1 Å². The molecule has 0 aliphatic heterocycles. The Balaban J connectivity index is 0.00000288. The smallest absolute Gasteiger partial charge is 0.216 e. The van der Waals surface area contributed by atoms with Crippen molar-refractivity contribution >= 4 is 45.9 Å². The van der Waals surface area contributed by atoms with Crippen LogP contribution in [-0.4, -0.2) is 29.4 Å². The summed E-state index contributed by atoms with van der Waals surface area (Å²) in [6.45, 7) is 7.91. The van der Waals surface area contributed by atoms with Crippen molar-refractivity contribution in [1.29, 1.82) is 0 Å². The molecule has 0 atom stereocenters. The fourth-order valence-corrected chi connectivity index (χ4v) is 2.59. The molecule has 24 heavy (non-hydrogen) atoms. The third-order valence-electron chi connectivity index (χ3n) is 3.50. The largest absolute Gasteiger partial charge is 0.444 e. The highest BCUT2D eigenvalue weighted by Crippen LogP contribution is 2.17. The van der Waals surface area contributed by atoms with Crippen LogP contribution >= 0.6 is 39.9 Å². The van der Waals surface area contributed by atoms with Gasteiger partial charge in [-0.05, 0) is 32.4 Å². The molecule has 2 rings (SSSR count). The number of hydrogen-bond acceptors (Lipinski definition) is 3. The average Bonchev–Trinajstić information content (AvgIpc) is 2.84. The lowest BCUT2D eigenvalue weighted by atomic mass is 10.2. The first-order valence-corrected chi connectivity index (χ1v) is 8.46. The van der Waals surface area contributed by atoms with Gasteiger partial charge in [0.1, 0.15) is 12.3 Å². The van der Waals surface area contributed by atoms with Gasteiger partial charge in [-0.15, -0.1) is 24.0 Å². The fraction of sp³-hybridized carbons (Fsp3) is 0.412. The maximum atomic E-state index is 5.59. The van der Waals surface area contributed by atoms with Gasteiger partial charge in [0.05, 0.1) is 5.69 Å². The van der Waals surface area contributed by atoms with Crippen molar-refractivity contribution in [2.45, 2.75) is 33.9 Å². The Hall–Kier alpha value is -1.09. The Kier molecular flexibility index (Phi) is 8.75. The zero-order chi connectivity index (χ0) is 16.8. The first-order valence-electron chi connectivity index (χ1n) is 7.67. The lowest BCUT2D eigenvalue weighted by Gasteiger charge is -2.22. The Morgan fingerprint density at radius 2 is 2.04 bits per heavy atom. The van der Waals surface area contributed by atoms with Crippen LogP contribution in [0.5, 0.6) is 0 Å². The molecule has 1 N–H and O–H groups in total. The van der Waals surface area contributed by atoms with Crippen LogP contribution in [-0.2, 0) is 13.1 Å². The summed E-state index contributed by atoms with van der Waals surface area (Å²) in [6, 6.07) is 8.20. The molecular weight excluding hydrogens is 483 g/mol. The number of nitrogens with one attached hydrogen (secondary N) is 1. The number of guanidine groups is 1. The van der Waals surface area contributed by atoms with Crippen LogP contribution in [0.4, 0.5) is 0 Å². The highest BCUT2D eigenvalue weighted by Gasteiger charge is 2.10. The fourth-order valence-electron chi connectivity index (χ4n) is 2.18. The SMILES string of the molecule is CCNC(=NCc1nc(C)c(C)o1)N(C)Cc1ccccc1Br.I. The van der Waals surface area contributed by atoms with Gasteiger partial charge in [0.2, 0.25) is 5.89 Å². The van der Waals surface area contributed by atoms with E-state index < -0.39 is 0 Å². The minimum atomic E-state index is 0. The van der Waals surface area contributed by atoms with Crippen molar-refractivity contribution in [1.82, 2.24) is 15.2 Å². The highest BCUT2D eigenvalue weighted by molar-refractivity contribution is 14.0. The van der Waals surface area contributed by atoms with Crippen LogP contribution in [0.3, 0.4) is 0 Å². The number of rotatable bonds is 5. The Morgan fingerprint density at radius 3 is 2.62 bits per heavy atom. The quantitative estimate of drug-likeness (QED) is 0.374. The van der Waals surface area contributed by atoms with Crippen LogP contribution in [0, 0.1) is 13.8 Å². The zero-order valence-corrected chi connectivity index (χ0v) is 18.4. The van der Waals surface area contributed by atoms with Crippen molar-refractivity contribution in [2.75, 3.05) is 13.6 Å². The molecule has 0 amide bonds. The van der Waals surface area contributed by atoms with Gasteiger partial charge in [0, 0.05) is 24.6 Å². The number of oxazole rings is 1. The van der Waals surface area contributed by atoms with Gasteiger partial charge in [-0.1, -0.05) is 34.1 Å². The third-order valence-corrected chi connectivity index (χ3v) is 4.27. The Bertz CT molecular complexity index is 667. The molecule has 0 aliphatic rings. The predicted molar refractivity (Wildman–Crippen MR) is 112 cm³/mol. The van der Waals surface area contributed by atoms with Crippen LogP contribution in [0.25, 0.3) is 0 Å². The van der Waals surface area contributed by atoms with Gasteiger partial charge in [0.15, 0.2) is 5.96 Å². The molecule has 0 saturated carbocycles. The van der Waals surface area contributed by atoms with Crippen LogP contribution < -0.4 is 5.32 Å². The molecule has 0 spiro atoms. The van der Waals surface area contributed by atoms with E-state index in [0.29, 0.717) is 12.4 Å². The minimum absolute atomic E-state index is 0. The van der Waals surface area contributed by atoms with Crippen molar-refractivity contribution in [3.63, 3.8) is 0 Å². The second-order valence-corrected chi connectivity index (χ2v) is 6.22. The van der Waals surface area contributed by atoms with Gasteiger partial charge < -0.3 is 14.6 Å². The molecular formula is C17H24BrIN4O. The summed E-state index contributed by atoms with van der Waals surface area (Å²) in [5, 5.41) is 3.30. The van der Waals surface area contributed by atoms with Crippen LogP contribution in [0.1, 0.15) is 29.8 Å². The van der Waals surface area contributed by atoms with Crippen LogP contribution in [0.15, 0.2) is 38.1 Å². The van der Waals surface area contributed by atoms with Gasteiger partial charge in [0.25, 0.3) is 0 Å². The third kappa shape index (κ3) is 5.77. The molecule has 132 valence electrons. The van der Waals surface area contributed by atoms with E-state index in [0.717, 1.165) is 35.0 Å².